The number of Topliss-reactive ketones (excluding diaryl/α,β-unsaturated/α-hetero) is 1. The van der Waals surface area contributed by atoms with Crippen molar-refractivity contribution >= 4 is 94.4 Å². The number of nitrogens with one attached hydrogen (secondary N) is 1. The number of azo groups is 2. The number of nitrogens with zero attached hydrogens (tertiary/aromatic N) is 6. The van der Waals surface area contributed by atoms with Crippen molar-refractivity contribution in [3.05, 3.63) is 135 Å². The predicted molar refractivity (Wildman–Crippen MR) is 228 cm³/mol. The van der Waals surface area contributed by atoms with Crippen LogP contribution in [0.2, 0.25) is 0 Å². The van der Waals surface area contributed by atoms with Gasteiger partial charge in [0.25, 0.3) is 15.8 Å². The number of nitro benzene ring substituents is 1. The summed E-state index contributed by atoms with van der Waals surface area (Å²) in [4.78, 5) is 34.5. The first-order chi connectivity index (χ1) is 30.4. The first-order valence-electron chi connectivity index (χ1n) is 18.1. The van der Waals surface area contributed by atoms with Gasteiger partial charge in [-0.2, -0.15) is 13.5 Å². The monoisotopic (exact) mass is 950 g/mol. The number of allylic oxidation sites excluding steroid dienone is 1. The van der Waals surface area contributed by atoms with Crippen LogP contribution < -0.4 is 84.9 Å². The Kier molecular flexibility index (Phi) is 15.8. The van der Waals surface area contributed by atoms with Gasteiger partial charge in [0.2, 0.25) is 5.78 Å². The summed E-state index contributed by atoms with van der Waals surface area (Å²) in [5, 5.41) is 44.4. The summed E-state index contributed by atoms with van der Waals surface area (Å²) in [5.41, 5.74) is 7.44. The van der Waals surface area contributed by atoms with E-state index < -0.39 is 64.5 Å². The van der Waals surface area contributed by atoms with Crippen molar-refractivity contribution in [2.75, 3.05) is 25.4 Å². The van der Waals surface area contributed by atoms with Crippen LogP contribution in [0.1, 0.15) is 26.3 Å². The van der Waals surface area contributed by atoms with Crippen molar-refractivity contribution in [3.8, 4) is 22.6 Å². The van der Waals surface area contributed by atoms with Crippen molar-refractivity contribution in [1.82, 2.24) is 0 Å². The molecule has 0 bridgehead atoms. The minimum absolute atomic E-state index is 0. The Morgan fingerprint density at radius 2 is 1.44 bits per heavy atom. The van der Waals surface area contributed by atoms with Crippen LogP contribution in [-0.2, 0) is 20.2 Å². The molecule has 6 aromatic rings. The van der Waals surface area contributed by atoms with Crippen molar-refractivity contribution in [2.45, 2.75) is 4.90 Å². The second kappa shape index (κ2) is 20.5. The average molecular weight is 951 g/mol. The zero-order valence-corrected chi connectivity index (χ0v) is 40.4. The summed E-state index contributed by atoms with van der Waals surface area (Å²) in [7, 11) is -7.04. The number of nitro groups is 1. The Morgan fingerprint density at radius 3 is 2.09 bits per heavy atom. The Hall–Kier alpha value is -6.25. The number of non-ortho nitro benzene ring substituents is 1. The maximum Gasteiger partial charge on any atom is 1.00 e. The molecule has 0 aromatic heterocycles. The number of nitrogen functional groups attached to an aromatic ring is 1. The number of ketones is 1. The average Bonchev–Trinajstić information content (AvgIpc) is 3.26. The van der Waals surface area contributed by atoms with E-state index in [0.717, 1.165) is 18.2 Å². The number of carbonyl (C=O) groups excluding carboxylic acids is 2. The first-order valence-corrected chi connectivity index (χ1v) is 20.9. The fourth-order valence-corrected chi connectivity index (χ4v) is 7.58. The van der Waals surface area contributed by atoms with E-state index in [1.807, 2.05) is 0 Å². The molecule has 1 aliphatic rings. The molecule has 0 radical (unpaired) electrons. The predicted octanol–water partition coefficient (Wildman–Crippen LogP) is 1.01. The number of fused-ring (bicyclic) bond motifs is 2. The van der Waals surface area contributed by atoms with Gasteiger partial charge in [0.1, 0.15) is 38.7 Å². The molecule has 0 spiro atoms. The zero-order valence-electron chi connectivity index (χ0n) is 34.8. The number of hydrogen-bond donors (Lipinski definition) is 3. The number of methoxy groups -OCH3 is 2. The van der Waals surface area contributed by atoms with E-state index in [9.17, 15) is 50.8 Å². The number of ether oxygens (including phenoxy) is 2. The number of aromatic carboxylic acids is 1. The summed E-state index contributed by atoms with van der Waals surface area (Å²) in [6, 6.07) is 24.0. The molecule has 0 heterocycles. The van der Waals surface area contributed by atoms with Gasteiger partial charge in [-0.15, -0.1) is 20.5 Å². The fraction of sp³-hybridized carbons (Fsp3) is 0.0488. The van der Waals surface area contributed by atoms with E-state index in [-0.39, 0.29) is 97.9 Å². The molecular weight excluding hydrogens is 923 g/mol. The second-order valence-electron chi connectivity index (χ2n) is 13.4. The zero-order chi connectivity index (χ0) is 46.1. The van der Waals surface area contributed by atoms with Gasteiger partial charge in [0, 0.05) is 34.2 Å². The van der Waals surface area contributed by atoms with Gasteiger partial charge in [-0.1, -0.05) is 30.3 Å². The molecule has 0 atom stereocenters. The Bertz CT molecular complexity index is 3350. The van der Waals surface area contributed by atoms with E-state index in [1.165, 1.54) is 50.6 Å². The van der Waals surface area contributed by atoms with E-state index in [1.54, 1.807) is 48.5 Å². The van der Waals surface area contributed by atoms with E-state index in [4.69, 9.17) is 15.2 Å². The van der Waals surface area contributed by atoms with Crippen LogP contribution >= 0.6 is 0 Å². The van der Waals surface area contributed by atoms with Gasteiger partial charge in [-0.3, -0.25) is 24.9 Å². The number of hydrogen-bond acceptors (Lipinski definition) is 19. The maximum atomic E-state index is 13.8. The van der Waals surface area contributed by atoms with Crippen LogP contribution in [0, 0.1) is 10.1 Å². The largest absolute Gasteiger partial charge is 1.00 e. The Morgan fingerprint density at radius 1 is 0.788 bits per heavy atom. The third-order valence-corrected chi connectivity index (χ3v) is 11.2. The molecular formula is C41H28N8Na2O13S2. The topological polar surface area (TPSA) is 330 Å². The van der Waals surface area contributed by atoms with Gasteiger partial charge in [0.05, 0.1) is 57.7 Å². The molecule has 66 heavy (non-hydrogen) atoms. The third-order valence-electron chi connectivity index (χ3n) is 9.55. The van der Waals surface area contributed by atoms with Gasteiger partial charge >= 0.3 is 59.1 Å². The number of carboxylic acid groups (broad SMARTS) is 1. The maximum absolute atomic E-state index is 13.8. The second-order valence-corrected chi connectivity index (χ2v) is 16.2. The summed E-state index contributed by atoms with van der Waals surface area (Å²) >= 11 is 0. The Balaban J connectivity index is 0.00000408. The molecule has 6 aromatic carbocycles. The first kappa shape index (κ1) is 50.7. The molecule has 0 saturated carbocycles. The SMILES string of the molecule is COc1cc(-c2ccc(NN=C3C(=O)c4ccc(N)c(N=Nc5ccc([N+](=O)[O-])cc5C(=O)[O-])c4C=C3S(=O)(=O)[O-])c(OC)c2)ccc1N=Nc1cccc2cc(S(=O)(=O)O)ccc12.[Na+].[Na+]. The van der Waals surface area contributed by atoms with Crippen molar-refractivity contribution in [3.63, 3.8) is 0 Å². The fourth-order valence-electron chi connectivity index (χ4n) is 6.43. The number of hydrazone groups is 1. The Labute approximate surface area is 418 Å². The molecule has 0 saturated heterocycles. The summed E-state index contributed by atoms with van der Waals surface area (Å²) < 4.78 is 81.5. The minimum Gasteiger partial charge on any atom is -0.744 e. The van der Waals surface area contributed by atoms with Crippen LogP contribution in [0.3, 0.4) is 0 Å². The molecule has 0 aliphatic heterocycles. The smallest absolute Gasteiger partial charge is 0.744 e. The number of benzene rings is 6. The molecule has 0 fully saturated rings. The van der Waals surface area contributed by atoms with Gasteiger partial charge < -0.3 is 29.7 Å². The molecule has 4 N–H and O–H groups in total. The summed E-state index contributed by atoms with van der Waals surface area (Å²) in [6.07, 6.45) is 0.820. The minimum atomic E-state index is -5.42. The standard InChI is InChI=1S/C41H30N8O13S2.2Na/c1-61-35-17-21(6-13-33(35)45-43-31-5-3-4-23-16-25(63(55,56)57)9-10-26(23)31)22-7-14-34(36(18-22)62-2)46-48-39-37(64(58,59)60)20-28-27(40(39)50)11-12-30(42)38(28)47-44-32-15-8-24(49(53)54)19-29(32)41(51)52;;/h3-20,46H,42H2,1-2H3,(H,51,52)(H,55,56,57)(H,58,59,60);;/q;2*+1/p-2. The summed E-state index contributed by atoms with van der Waals surface area (Å²) in [6.45, 7) is 0. The molecule has 1 aliphatic carbocycles. The van der Waals surface area contributed by atoms with Crippen LogP contribution in [0.25, 0.3) is 28.0 Å². The number of carboxylic acids is 1. The number of rotatable bonds is 13. The quantitative estimate of drug-likeness (QED) is 0.0363. The van der Waals surface area contributed by atoms with Crippen LogP contribution in [-0.4, -0.2) is 62.5 Å². The molecule has 25 heteroatoms. The van der Waals surface area contributed by atoms with Gasteiger partial charge in [-0.25, -0.2) is 8.42 Å². The summed E-state index contributed by atoms with van der Waals surface area (Å²) in [5.74, 6) is -2.34. The normalized spacial score (nSPS) is 13.2. The number of anilines is 2. The number of nitrogens with two attached hydrogens (primary N) is 1. The molecule has 21 nitrogen and oxygen atoms in total. The van der Waals surface area contributed by atoms with E-state index in [0.29, 0.717) is 45.1 Å². The third kappa shape index (κ3) is 10.7. The van der Waals surface area contributed by atoms with Crippen molar-refractivity contribution < 1.29 is 114 Å². The molecule has 7 rings (SSSR count). The van der Waals surface area contributed by atoms with Gasteiger partial charge in [-0.05, 0) is 83.3 Å². The molecule has 0 amide bonds. The van der Waals surface area contributed by atoms with Crippen molar-refractivity contribution in [2.24, 2.45) is 25.6 Å². The van der Waals surface area contributed by atoms with E-state index >= 15 is 0 Å². The number of carbonyl (C=O) groups is 2. The van der Waals surface area contributed by atoms with Gasteiger partial charge in [0.15, 0.2) is 0 Å². The van der Waals surface area contributed by atoms with Crippen molar-refractivity contribution in [1.29, 1.82) is 0 Å². The van der Waals surface area contributed by atoms with E-state index in [2.05, 4.69) is 31.0 Å². The molecule has 324 valence electrons. The van der Waals surface area contributed by atoms with Crippen LogP contribution in [0.15, 0.2) is 138 Å². The molecule has 0 unspecified atom stereocenters. The van der Waals surface area contributed by atoms with Crippen LogP contribution in [0.5, 0.6) is 11.5 Å². The van der Waals surface area contributed by atoms with Crippen LogP contribution in [0.4, 0.5) is 39.8 Å².